The van der Waals surface area contributed by atoms with Crippen LogP contribution in [0.25, 0.3) is 0 Å². The molecule has 1 fully saturated rings. The Morgan fingerprint density at radius 3 is 2.47 bits per heavy atom. The van der Waals surface area contributed by atoms with Crippen molar-refractivity contribution in [3.63, 3.8) is 0 Å². The number of rotatable bonds is 13. The van der Waals surface area contributed by atoms with E-state index in [0.29, 0.717) is 23.2 Å². The van der Waals surface area contributed by atoms with Gasteiger partial charge >= 0.3 is 0 Å². The minimum Gasteiger partial charge on any atom is -0.102 e. The molecule has 0 amide bonds. The zero-order valence-electron chi connectivity index (χ0n) is 22.9. The van der Waals surface area contributed by atoms with Crippen molar-refractivity contribution < 1.29 is 0 Å². The third kappa shape index (κ3) is 8.92. The fraction of sp³-hybridized carbons (Fsp3) is 0.688. The molecule has 0 heteroatoms. The van der Waals surface area contributed by atoms with Gasteiger partial charge in [0.2, 0.25) is 0 Å². The van der Waals surface area contributed by atoms with Crippen LogP contribution in [0.5, 0.6) is 0 Å². The van der Waals surface area contributed by atoms with Gasteiger partial charge in [-0.25, -0.2) is 0 Å². The van der Waals surface area contributed by atoms with Gasteiger partial charge in [-0.05, 0) is 94.3 Å². The minimum atomic E-state index is 0.0677. The van der Waals surface area contributed by atoms with E-state index in [-0.39, 0.29) is 5.41 Å². The van der Waals surface area contributed by atoms with Crippen LogP contribution in [0.2, 0.25) is 0 Å². The molecule has 1 saturated carbocycles. The van der Waals surface area contributed by atoms with Gasteiger partial charge in [0.15, 0.2) is 0 Å². The molecule has 0 aliphatic heterocycles. The molecular weight excluding hydrogens is 384 g/mol. The van der Waals surface area contributed by atoms with Gasteiger partial charge in [-0.2, -0.15) is 0 Å². The smallest absolute Gasteiger partial charge is 0.00330 e. The van der Waals surface area contributed by atoms with Gasteiger partial charge in [-0.1, -0.05) is 95.7 Å². The summed E-state index contributed by atoms with van der Waals surface area (Å²) in [7, 11) is 0. The van der Waals surface area contributed by atoms with Crippen molar-refractivity contribution in [2.75, 3.05) is 0 Å². The van der Waals surface area contributed by atoms with Crippen molar-refractivity contribution in [1.82, 2.24) is 0 Å². The highest BCUT2D eigenvalue weighted by molar-refractivity contribution is 5.12. The van der Waals surface area contributed by atoms with E-state index in [1.165, 1.54) is 55.2 Å². The SMILES string of the molecule is C=CC(C)(/C=C/C(C)CCC1C(=C)CCC(C)C1(C)C)CC/C=C(\C)CCC(C)C(=C)C. The van der Waals surface area contributed by atoms with Crippen LogP contribution in [-0.2, 0) is 0 Å². The third-order valence-electron chi connectivity index (χ3n) is 8.73. The zero-order chi connectivity index (χ0) is 24.5. The van der Waals surface area contributed by atoms with Crippen LogP contribution in [0.15, 0.2) is 60.8 Å². The molecule has 1 aliphatic carbocycles. The second-order valence-corrected chi connectivity index (χ2v) is 12.0. The van der Waals surface area contributed by atoms with Crippen LogP contribution in [0.3, 0.4) is 0 Å². The summed E-state index contributed by atoms with van der Waals surface area (Å²) >= 11 is 0. The molecular formula is C32H54. The average Bonchev–Trinajstić information content (AvgIpc) is 2.73. The predicted molar refractivity (Wildman–Crippen MR) is 147 cm³/mol. The van der Waals surface area contributed by atoms with E-state index >= 15 is 0 Å². The second-order valence-electron chi connectivity index (χ2n) is 12.0. The van der Waals surface area contributed by atoms with Gasteiger partial charge in [0.25, 0.3) is 0 Å². The van der Waals surface area contributed by atoms with Crippen LogP contribution in [0, 0.1) is 34.5 Å². The lowest BCUT2D eigenvalue weighted by molar-refractivity contribution is 0.103. The fourth-order valence-corrected chi connectivity index (χ4v) is 4.98. The van der Waals surface area contributed by atoms with Crippen LogP contribution in [0.1, 0.15) is 107 Å². The first kappa shape index (κ1) is 28.7. The molecule has 0 radical (unpaired) electrons. The first-order valence-electron chi connectivity index (χ1n) is 13.1. The summed E-state index contributed by atoms with van der Waals surface area (Å²) in [6.07, 6.45) is 19.1. The molecule has 5 unspecified atom stereocenters. The lowest BCUT2D eigenvalue weighted by atomic mass is 9.60. The lowest BCUT2D eigenvalue weighted by Crippen LogP contribution is -2.36. The third-order valence-corrected chi connectivity index (χ3v) is 8.73. The van der Waals surface area contributed by atoms with E-state index in [0.717, 1.165) is 18.8 Å². The summed E-state index contributed by atoms with van der Waals surface area (Å²) in [6.45, 7) is 31.4. The van der Waals surface area contributed by atoms with Crippen molar-refractivity contribution in [3.05, 3.63) is 60.8 Å². The molecule has 0 nitrogen and oxygen atoms in total. The first-order chi connectivity index (χ1) is 14.8. The predicted octanol–water partition coefficient (Wildman–Crippen LogP) is 10.5. The Balaban J connectivity index is 2.57. The van der Waals surface area contributed by atoms with Gasteiger partial charge in [0, 0.05) is 5.41 Å². The highest BCUT2D eigenvalue weighted by Gasteiger charge is 2.39. The topological polar surface area (TPSA) is 0 Å². The van der Waals surface area contributed by atoms with Crippen LogP contribution < -0.4 is 0 Å². The van der Waals surface area contributed by atoms with E-state index in [2.05, 4.69) is 99.4 Å². The molecule has 0 spiro atoms. The standard InChI is InChI=1S/C32H54/c1-12-32(11,22-13-14-25(4)15-17-27(6)24(2)3)23-21-26(5)16-20-30-28(7)18-19-29(8)31(30,9)10/h12,14,21,23,26-27,29-30H,1-2,7,13,15-20,22H2,3-6,8-11H3/b23-21+,25-14+. The quantitative estimate of drug-likeness (QED) is 0.251. The Morgan fingerprint density at radius 2 is 1.88 bits per heavy atom. The maximum absolute atomic E-state index is 4.44. The van der Waals surface area contributed by atoms with E-state index in [1.54, 1.807) is 0 Å². The van der Waals surface area contributed by atoms with Gasteiger partial charge in [0.05, 0.1) is 0 Å². The van der Waals surface area contributed by atoms with Crippen molar-refractivity contribution in [2.24, 2.45) is 34.5 Å². The maximum Gasteiger partial charge on any atom is 0.00330 e. The summed E-state index contributed by atoms with van der Waals surface area (Å²) < 4.78 is 0. The number of hydrogen-bond donors (Lipinski definition) is 0. The molecule has 0 heterocycles. The van der Waals surface area contributed by atoms with Gasteiger partial charge in [-0.15, -0.1) is 6.58 Å². The lowest BCUT2D eigenvalue weighted by Gasteiger charge is -2.45. The number of hydrogen-bond acceptors (Lipinski definition) is 0. The number of allylic oxidation sites excluding steroid dienone is 7. The highest BCUT2D eigenvalue weighted by atomic mass is 14.4. The largest absolute Gasteiger partial charge is 0.102 e. The molecule has 0 saturated heterocycles. The van der Waals surface area contributed by atoms with Gasteiger partial charge in [-0.3, -0.25) is 0 Å². The van der Waals surface area contributed by atoms with Crippen LogP contribution >= 0.6 is 0 Å². The Kier molecular flexibility index (Phi) is 11.5. The highest BCUT2D eigenvalue weighted by Crippen LogP contribution is 2.49. The molecule has 1 rings (SSSR count). The molecule has 0 bridgehead atoms. The van der Waals surface area contributed by atoms with E-state index in [1.807, 2.05) is 0 Å². The molecule has 0 N–H and O–H groups in total. The molecule has 182 valence electrons. The minimum absolute atomic E-state index is 0.0677. The van der Waals surface area contributed by atoms with Gasteiger partial charge in [0.1, 0.15) is 0 Å². The Bertz CT molecular complexity index is 685. The molecule has 0 aromatic rings. The van der Waals surface area contributed by atoms with E-state index in [9.17, 15) is 0 Å². The summed E-state index contributed by atoms with van der Waals surface area (Å²) in [6, 6.07) is 0. The molecule has 32 heavy (non-hydrogen) atoms. The molecule has 0 aromatic heterocycles. The van der Waals surface area contributed by atoms with E-state index < -0.39 is 0 Å². The van der Waals surface area contributed by atoms with Crippen LogP contribution in [0.4, 0.5) is 0 Å². The van der Waals surface area contributed by atoms with Crippen molar-refractivity contribution in [2.45, 2.75) is 107 Å². The fourth-order valence-electron chi connectivity index (χ4n) is 4.98. The second kappa shape index (κ2) is 12.8. The van der Waals surface area contributed by atoms with Crippen molar-refractivity contribution >= 4 is 0 Å². The zero-order valence-corrected chi connectivity index (χ0v) is 22.9. The van der Waals surface area contributed by atoms with E-state index in [4.69, 9.17) is 0 Å². The summed E-state index contributed by atoms with van der Waals surface area (Å²) in [5, 5.41) is 0. The molecule has 5 atom stereocenters. The Labute approximate surface area is 202 Å². The maximum atomic E-state index is 4.44. The molecule has 1 aliphatic rings. The van der Waals surface area contributed by atoms with Crippen LogP contribution in [-0.4, -0.2) is 0 Å². The van der Waals surface area contributed by atoms with Crippen molar-refractivity contribution in [3.8, 4) is 0 Å². The molecule has 0 aromatic carbocycles. The Hall–Kier alpha value is -1.30. The average molecular weight is 439 g/mol. The summed E-state index contributed by atoms with van der Waals surface area (Å²) in [5.41, 5.74) is 4.73. The summed E-state index contributed by atoms with van der Waals surface area (Å²) in [5.74, 6) is 2.65. The monoisotopic (exact) mass is 438 g/mol. The van der Waals surface area contributed by atoms with Crippen molar-refractivity contribution in [1.29, 1.82) is 0 Å². The normalized spacial score (nSPS) is 25.4. The first-order valence-corrected chi connectivity index (χ1v) is 13.1. The summed E-state index contributed by atoms with van der Waals surface area (Å²) in [4.78, 5) is 0. The van der Waals surface area contributed by atoms with Gasteiger partial charge < -0.3 is 0 Å². The Morgan fingerprint density at radius 1 is 1.22 bits per heavy atom.